The number of nitrogens with zero attached hydrogens (tertiary/aromatic N) is 16. The quantitative estimate of drug-likeness (QED) is 0.118. The number of thiazole rings is 1. The molecular formula is C106H78N16OSSe. The number of fused-ring (bicyclic) bond motifs is 15. The van der Waals surface area contributed by atoms with Crippen molar-refractivity contribution in [1.82, 2.24) is 39.9 Å². The molecule has 19 heteroatoms. The second-order valence-electron chi connectivity index (χ2n) is 30.6. The summed E-state index contributed by atoms with van der Waals surface area (Å²) in [6.45, 7) is 3.15. The normalized spacial score (nSPS) is 15.4. The van der Waals surface area contributed by atoms with Crippen LogP contribution in [0.15, 0.2) is 420 Å². The minimum atomic E-state index is 0.00590. The van der Waals surface area contributed by atoms with E-state index in [-0.39, 0.29) is 26.6 Å². The average molecular weight is 1700 g/mol. The zero-order valence-electron chi connectivity index (χ0n) is 67.7. The fraction of sp³-hybridized carbons (Fsp3) is 0.0755. The van der Waals surface area contributed by atoms with Gasteiger partial charge in [0.05, 0.1) is 58.6 Å². The fourth-order valence-corrected chi connectivity index (χ4v) is 20.4. The van der Waals surface area contributed by atoms with Gasteiger partial charge in [0.15, 0.2) is 17.4 Å². The Bertz CT molecular complexity index is 6420. The number of aromatic nitrogens is 8. The van der Waals surface area contributed by atoms with Gasteiger partial charge in [0, 0.05) is 112 Å². The maximum absolute atomic E-state index is 6.11. The Hall–Kier alpha value is -15.4. The number of pyridine rings is 5. The van der Waals surface area contributed by atoms with Crippen LogP contribution >= 0.6 is 11.3 Å². The molecule has 0 fully saturated rings. The van der Waals surface area contributed by atoms with Gasteiger partial charge in [-0.25, -0.2) is 20.0 Å². The molecule has 1 aliphatic carbocycles. The van der Waals surface area contributed by atoms with E-state index in [1.165, 1.54) is 87.1 Å². The number of para-hydroxylation sites is 8. The smallest absolute Gasteiger partial charge is 0.228 e. The van der Waals surface area contributed by atoms with Gasteiger partial charge in [0.1, 0.15) is 22.8 Å². The van der Waals surface area contributed by atoms with Crippen molar-refractivity contribution in [2.24, 2.45) is 20.0 Å². The summed E-state index contributed by atoms with van der Waals surface area (Å²) in [7, 11) is 0. The van der Waals surface area contributed by atoms with Gasteiger partial charge in [-0.05, 0) is 126 Å². The number of oxazole rings is 1. The Morgan fingerprint density at radius 2 is 0.736 bits per heavy atom. The largest absolute Gasteiger partial charge is 0.439 e. The molecule has 0 bridgehead atoms. The predicted octanol–water partition coefficient (Wildman–Crippen LogP) is 23.8. The number of anilines is 8. The molecule has 0 saturated carbocycles. The molecule has 25 rings (SSSR count). The first-order valence-corrected chi connectivity index (χ1v) is 44.2. The molecule has 8 aromatic heterocycles. The summed E-state index contributed by atoms with van der Waals surface area (Å²) < 4.78 is 8.72. The average Bonchev–Trinajstić information content (AvgIpc) is 1.69. The number of hydrogen-bond donors (Lipinski definition) is 0. The summed E-state index contributed by atoms with van der Waals surface area (Å²) in [5, 5.41) is 1.03. The van der Waals surface area contributed by atoms with Crippen LogP contribution < -0.4 is 19.6 Å². The molecule has 14 heterocycles. The molecule has 125 heavy (non-hydrogen) atoms. The second-order valence-corrected chi connectivity index (χ2v) is 33.9. The molecule has 0 amide bonds. The molecule has 600 valence electrons. The van der Waals surface area contributed by atoms with Crippen LogP contribution in [0.4, 0.5) is 45.5 Å². The Balaban J connectivity index is 0.0000000956. The molecular weight excluding hydrogens is 1620 g/mol. The predicted molar refractivity (Wildman–Crippen MR) is 504 cm³/mol. The first-order chi connectivity index (χ1) is 62.0. The molecule has 0 saturated heterocycles. The fourth-order valence-electron chi connectivity index (χ4n) is 17.1. The SMILES string of the molecule is c1ccc(C2CC3=NC(c4cccnc4)=NC3c3ccccc32)cc1.c1ccc(N2CC3=NC(c4cccnc4)=NC3c3ccccc32)cc1.c1ccc(N2Cc3[se]c(-c4cccnc4)nc3-c3ccccc32)cc1.c1ccc(N2Cc3oc(-c4cccnc4)nc3-c3ccccc32)cc1.c1ccc(N2Cc3sc(-c4cccnc4)nc3-c3ccccc32)cc1. The van der Waals surface area contributed by atoms with Gasteiger partial charge in [-0.15, -0.1) is 11.3 Å². The zero-order chi connectivity index (χ0) is 83.2. The summed E-state index contributed by atoms with van der Waals surface area (Å²) in [5.74, 6) is 3.41. The van der Waals surface area contributed by atoms with Gasteiger partial charge in [0.2, 0.25) is 5.89 Å². The molecule has 10 aromatic carbocycles. The van der Waals surface area contributed by atoms with Gasteiger partial charge >= 0.3 is 152 Å². The van der Waals surface area contributed by atoms with E-state index in [1.807, 2.05) is 97.7 Å². The monoisotopic (exact) mass is 1700 g/mol. The third-order valence-electron chi connectivity index (χ3n) is 22.9. The van der Waals surface area contributed by atoms with Crippen molar-refractivity contribution < 1.29 is 4.42 Å². The Morgan fingerprint density at radius 1 is 0.320 bits per heavy atom. The third-order valence-corrected chi connectivity index (χ3v) is 26.3. The van der Waals surface area contributed by atoms with E-state index in [4.69, 9.17) is 39.3 Å². The number of amidine groups is 2. The van der Waals surface area contributed by atoms with E-state index >= 15 is 0 Å². The second kappa shape index (κ2) is 35.0. The maximum Gasteiger partial charge on any atom is 0.228 e. The first-order valence-electron chi connectivity index (χ1n) is 41.6. The Kier molecular flexibility index (Phi) is 21.5. The minimum absolute atomic E-state index is 0.00590. The standard InChI is InChI=1S/C22H17N3.C21H16N4.C21H15N3O.C21H15N3S.C21H15N3Se/c1-2-7-15(8-3-1)19-13-20-21(18-11-5-4-10-17(18)19)25-22(24-20)16-9-6-12-23-14-16;1-2-8-16(9-3-1)25-14-18-20(17-10-4-5-11-19(17)25)24-21(23-18)15-7-6-12-22-13-15;3*1-2-8-16(9-3-1)24-14-19-20(17-10-4-5-11-18(17)24)23-21(25-19)15-7-6-12-22-13-15/h1-12,14,19,21H,13H2;1-13,20H,14H2;3*1-13H,14H2. The van der Waals surface area contributed by atoms with Crippen molar-refractivity contribution in [3.05, 3.63) is 444 Å². The molecule has 0 spiro atoms. The summed E-state index contributed by atoms with van der Waals surface area (Å²) in [6.07, 6.45) is 19.0. The summed E-state index contributed by atoms with van der Waals surface area (Å²) >= 11 is 1.99. The van der Waals surface area contributed by atoms with Crippen molar-refractivity contribution in [1.29, 1.82) is 0 Å². The van der Waals surface area contributed by atoms with Crippen molar-refractivity contribution in [2.75, 3.05) is 26.1 Å². The van der Waals surface area contributed by atoms with Gasteiger partial charge in [-0.3, -0.25) is 29.9 Å². The minimum Gasteiger partial charge on any atom is -0.439 e. The molecule has 17 nitrogen and oxygen atoms in total. The number of rotatable bonds is 10. The van der Waals surface area contributed by atoms with Gasteiger partial charge in [-0.2, -0.15) is 0 Å². The molecule has 3 atom stereocenters. The van der Waals surface area contributed by atoms with Crippen LogP contribution in [0.3, 0.4) is 0 Å². The van der Waals surface area contributed by atoms with Crippen molar-refractivity contribution >= 4 is 94.4 Å². The first kappa shape index (κ1) is 77.0. The maximum atomic E-state index is 6.11. The molecule has 7 aliphatic rings. The van der Waals surface area contributed by atoms with E-state index in [0.29, 0.717) is 18.4 Å². The van der Waals surface area contributed by atoms with Crippen LogP contribution in [-0.2, 0) is 19.6 Å². The van der Waals surface area contributed by atoms with Crippen LogP contribution in [0, 0.1) is 0 Å². The number of hydrogen-bond acceptors (Lipinski definition) is 18. The van der Waals surface area contributed by atoms with E-state index in [9.17, 15) is 0 Å². The third kappa shape index (κ3) is 15.8. The number of benzene rings is 10. The van der Waals surface area contributed by atoms with E-state index in [2.05, 4.69) is 311 Å². The molecule has 6 aliphatic heterocycles. The van der Waals surface area contributed by atoms with Crippen LogP contribution in [0.2, 0.25) is 0 Å². The van der Waals surface area contributed by atoms with Gasteiger partial charge < -0.3 is 19.1 Å². The molecule has 0 radical (unpaired) electrons. The zero-order valence-corrected chi connectivity index (χ0v) is 70.2. The van der Waals surface area contributed by atoms with Crippen molar-refractivity contribution in [3.63, 3.8) is 0 Å². The van der Waals surface area contributed by atoms with Gasteiger partial charge in [-0.1, -0.05) is 164 Å². The Labute approximate surface area is 733 Å². The molecule has 18 aromatic rings. The van der Waals surface area contributed by atoms with E-state index < -0.39 is 0 Å². The van der Waals surface area contributed by atoms with Gasteiger partial charge in [0.25, 0.3) is 0 Å². The summed E-state index contributed by atoms with van der Waals surface area (Å²) in [4.78, 5) is 65.9. The van der Waals surface area contributed by atoms with Crippen molar-refractivity contribution in [3.8, 4) is 65.9 Å². The Morgan fingerprint density at radius 3 is 1.27 bits per heavy atom. The van der Waals surface area contributed by atoms with Crippen LogP contribution in [0.1, 0.15) is 72.9 Å². The molecule has 0 N–H and O–H groups in total. The van der Waals surface area contributed by atoms with E-state index in [0.717, 1.165) is 116 Å². The number of aliphatic imine (C=N–C) groups is 4. The van der Waals surface area contributed by atoms with Crippen LogP contribution in [0.5, 0.6) is 0 Å². The van der Waals surface area contributed by atoms with E-state index in [1.54, 1.807) is 42.3 Å². The van der Waals surface area contributed by atoms with Crippen LogP contribution in [0.25, 0.3) is 65.9 Å². The topological polar surface area (TPSA) is 179 Å². The summed E-state index contributed by atoms with van der Waals surface area (Å²) in [5.41, 5.74) is 28.7. The molecule has 3 unspecified atom stereocenters. The summed E-state index contributed by atoms with van der Waals surface area (Å²) in [6, 6.07) is 115. The van der Waals surface area contributed by atoms with Crippen LogP contribution in [-0.4, -0.2) is 84.0 Å². The van der Waals surface area contributed by atoms with Crippen molar-refractivity contribution in [2.45, 2.75) is 44.1 Å².